The molecule has 3 aromatic heterocycles. The van der Waals surface area contributed by atoms with Crippen molar-refractivity contribution in [1.82, 2.24) is 29.7 Å². The molecule has 0 saturated carbocycles. The van der Waals surface area contributed by atoms with Crippen LogP contribution in [0.1, 0.15) is 19.8 Å². The van der Waals surface area contributed by atoms with Gasteiger partial charge in [0.05, 0.1) is 18.3 Å². The van der Waals surface area contributed by atoms with Gasteiger partial charge in [-0.15, -0.1) is 0 Å². The van der Waals surface area contributed by atoms with Crippen LogP contribution < -0.4 is 10.6 Å². The molecule has 5 rings (SSSR count). The lowest BCUT2D eigenvalue weighted by molar-refractivity contribution is 0.0632. The van der Waals surface area contributed by atoms with E-state index in [2.05, 4.69) is 35.8 Å². The highest BCUT2D eigenvalue weighted by atomic mass is 19.1. The van der Waals surface area contributed by atoms with Gasteiger partial charge < -0.3 is 15.7 Å². The number of aryl methyl sites for hydroxylation is 1. The molecule has 0 fully saturated rings. The first kappa shape index (κ1) is 22.9. The van der Waals surface area contributed by atoms with Crippen molar-refractivity contribution in [3.63, 3.8) is 0 Å². The second-order valence-corrected chi connectivity index (χ2v) is 8.93. The van der Waals surface area contributed by atoms with E-state index in [-0.39, 0.29) is 11.7 Å². The molecule has 2 aliphatic rings. The lowest BCUT2D eigenvalue weighted by atomic mass is 9.79. The molecule has 0 amide bonds. The minimum absolute atomic E-state index is 0.159. The van der Waals surface area contributed by atoms with Crippen LogP contribution in [0.2, 0.25) is 0 Å². The van der Waals surface area contributed by atoms with E-state index in [1.807, 2.05) is 31.7 Å². The van der Waals surface area contributed by atoms with Crippen LogP contribution in [0.4, 0.5) is 10.2 Å². The number of hydrogen-bond donors (Lipinski definition) is 3. The van der Waals surface area contributed by atoms with Crippen molar-refractivity contribution in [2.24, 2.45) is 23.0 Å². The molecule has 2 atom stereocenters. The van der Waals surface area contributed by atoms with E-state index in [4.69, 9.17) is 0 Å². The SMILES string of the molecule is Cn1cc(-c2cc3c(NCCNC4=NCC(C(C)(O)C5=CC=C(F)CC5)C=N4)ncnn3c2)cn1. The highest BCUT2D eigenvalue weighted by molar-refractivity contribution is 5.90. The first-order chi connectivity index (χ1) is 16.9. The van der Waals surface area contributed by atoms with E-state index in [1.165, 1.54) is 12.4 Å². The predicted octanol–water partition coefficient (Wildman–Crippen LogP) is 2.51. The monoisotopic (exact) mass is 477 g/mol. The van der Waals surface area contributed by atoms with Crippen molar-refractivity contribution >= 4 is 23.5 Å². The lowest BCUT2D eigenvalue weighted by Gasteiger charge is -2.34. The summed E-state index contributed by atoms with van der Waals surface area (Å²) >= 11 is 0. The molecule has 4 heterocycles. The van der Waals surface area contributed by atoms with E-state index in [9.17, 15) is 9.50 Å². The van der Waals surface area contributed by atoms with E-state index in [1.54, 1.807) is 28.4 Å². The Morgan fingerprint density at radius 1 is 1.14 bits per heavy atom. The van der Waals surface area contributed by atoms with Crippen molar-refractivity contribution < 1.29 is 9.50 Å². The molecule has 35 heavy (non-hydrogen) atoms. The van der Waals surface area contributed by atoms with Crippen LogP contribution in [0.25, 0.3) is 16.6 Å². The Morgan fingerprint density at radius 2 is 2.00 bits per heavy atom. The molecule has 0 aromatic carbocycles. The predicted molar refractivity (Wildman–Crippen MR) is 133 cm³/mol. The Morgan fingerprint density at radius 3 is 2.71 bits per heavy atom. The quantitative estimate of drug-likeness (QED) is 0.450. The summed E-state index contributed by atoms with van der Waals surface area (Å²) in [7, 11) is 1.89. The van der Waals surface area contributed by atoms with Crippen LogP contribution in [0.15, 0.2) is 64.5 Å². The highest BCUT2D eigenvalue weighted by Gasteiger charge is 2.36. The van der Waals surface area contributed by atoms with Gasteiger partial charge >= 0.3 is 0 Å². The first-order valence-corrected chi connectivity index (χ1v) is 11.6. The summed E-state index contributed by atoms with van der Waals surface area (Å²) in [6.07, 6.45) is 12.9. The van der Waals surface area contributed by atoms with Crippen LogP contribution in [0.3, 0.4) is 0 Å². The Bertz CT molecular complexity index is 1350. The second-order valence-electron chi connectivity index (χ2n) is 8.93. The Hall–Kier alpha value is -3.86. The molecule has 0 saturated heterocycles. The zero-order chi connectivity index (χ0) is 24.4. The summed E-state index contributed by atoms with van der Waals surface area (Å²) in [5.74, 6) is 0.837. The second kappa shape index (κ2) is 9.41. The molecule has 0 bridgehead atoms. The molecule has 2 unspecified atom stereocenters. The summed E-state index contributed by atoms with van der Waals surface area (Å²) in [5.41, 5.74) is 2.60. The van der Waals surface area contributed by atoms with Crippen LogP contribution in [-0.2, 0) is 7.05 Å². The third-order valence-corrected chi connectivity index (χ3v) is 6.43. The summed E-state index contributed by atoms with van der Waals surface area (Å²) < 4.78 is 16.9. The molecule has 0 spiro atoms. The number of anilines is 1. The maximum atomic E-state index is 13.3. The van der Waals surface area contributed by atoms with Gasteiger partial charge in [-0.1, -0.05) is 6.08 Å². The molecule has 1 aliphatic carbocycles. The van der Waals surface area contributed by atoms with Crippen molar-refractivity contribution in [3.8, 4) is 11.1 Å². The number of hydrogen-bond acceptors (Lipinski definition) is 8. The van der Waals surface area contributed by atoms with Crippen molar-refractivity contribution in [3.05, 3.63) is 54.5 Å². The molecule has 3 N–H and O–H groups in total. The number of halogens is 1. The van der Waals surface area contributed by atoms with E-state index < -0.39 is 5.60 Å². The molecule has 0 radical (unpaired) electrons. The number of nitrogens with zero attached hydrogens (tertiary/aromatic N) is 7. The fourth-order valence-electron chi connectivity index (χ4n) is 4.28. The molecular formula is C24H28FN9O. The molecular weight excluding hydrogens is 449 g/mol. The molecule has 3 aromatic rings. The van der Waals surface area contributed by atoms with Gasteiger partial charge in [0.1, 0.15) is 17.7 Å². The molecule has 10 nitrogen and oxygen atoms in total. The minimum atomic E-state index is -1.11. The number of allylic oxidation sites excluding steroid dienone is 3. The number of rotatable bonds is 7. The topological polar surface area (TPSA) is 117 Å². The van der Waals surface area contributed by atoms with E-state index in [0.29, 0.717) is 38.4 Å². The highest BCUT2D eigenvalue weighted by Crippen LogP contribution is 2.33. The Kier molecular flexibility index (Phi) is 6.16. The van der Waals surface area contributed by atoms with Crippen LogP contribution in [0.5, 0.6) is 0 Å². The average Bonchev–Trinajstić information content (AvgIpc) is 3.49. The summed E-state index contributed by atoms with van der Waals surface area (Å²) in [6, 6.07) is 2.03. The fourth-order valence-corrected chi connectivity index (χ4v) is 4.28. The zero-order valence-corrected chi connectivity index (χ0v) is 19.7. The number of aromatic nitrogens is 5. The number of fused-ring (bicyclic) bond motifs is 1. The Balaban J connectivity index is 1.15. The normalized spacial score (nSPS) is 19.7. The van der Waals surface area contributed by atoms with Gasteiger partial charge in [-0.3, -0.25) is 9.67 Å². The summed E-state index contributed by atoms with van der Waals surface area (Å²) in [5, 5.41) is 26.1. The molecule has 11 heteroatoms. The molecule has 1 aliphatic heterocycles. The van der Waals surface area contributed by atoms with Crippen LogP contribution in [-0.4, -0.2) is 66.9 Å². The van der Waals surface area contributed by atoms with Gasteiger partial charge in [0, 0.05) is 62.2 Å². The number of nitrogens with one attached hydrogen (secondary N) is 2. The van der Waals surface area contributed by atoms with Gasteiger partial charge in [0.15, 0.2) is 5.82 Å². The molecule has 182 valence electrons. The van der Waals surface area contributed by atoms with Gasteiger partial charge in [-0.05, 0) is 31.1 Å². The number of aliphatic hydroxyl groups is 1. The summed E-state index contributed by atoms with van der Waals surface area (Å²) in [4.78, 5) is 13.3. The third-order valence-electron chi connectivity index (χ3n) is 6.43. The first-order valence-electron chi connectivity index (χ1n) is 11.6. The summed E-state index contributed by atoms with van der Waals surface area (Å²) in [6.45, 7) is 3.33. The van der Waals surface area contributed by atoms with Gasteiger partial charge in [0.2, 0.25) is 5.96 Å². The van der Waals surface area contributed by atoms with Gasteiger partial charge in [-0.2, -0.15) is 10.2 Å². The smallest absolute Gasteiger partial charge is 0.217 e. The van der Waals surface area contributed by atoms with Gasteiger partial charge in [-0.25, -0.2) is 18.9 Å². The maximum absolute atomic E-state index is 13.3. The third kappa shape index (κ3) is 4.85. The van der Waals surface area contributed by atoms with E-state index >= 15 is 0 Å². The average molecular weight is 478 g/mol. The van der Waals surface area contributed by atoms with Crippen LogP contribution >= 0.6 is 0 Å². The van der Waals surface area contributed by atoms with E-state index in [0.717, 1.165) is 28.0 Å². The zero-order valence-electron chi connectivity index (χ0n) is 19.7. The number of guanidine groups is 1. The van der Waals surface area contributed by atoms with Crippen LogP contribution in [0, 0.1) is 5.92 Å². The standard InChI is InChI=1S/C24H28FN9O/c1-24(35,18-3-5-20(25)6-4-18)19-11-28-23(29-12-19)27-8-7-26-22-21-9-16(14-34(21)32-15-30-22)17-10-31-33(2)13-17/h3,5,9-11,13-15,19,35H,4,6-8,12H2,1-2H3,(H,27,29)(H,26,30,32). The Labute approximate surface area is 202 Å². The van der Waals surface area contributed by atoms with Gasteiger partial charge in [0.25, 0.3) is 0 Å². The minimum Gasteiger partial charge on any atom is -0.385 e. The number of aliphatic imine (C=N–C) groups is 2. The largest absolute Gasteiger partial charge is 0.385 e. The maximum Gasteiger partial charge on any atom is 0.217 e. The van der Waals surface area contributed by atoms with Crippen molar-refractivity contribution in [2.45, 2.75) is 25.4 Å². The lowest BCUT2D eigenvalue weighted by Crippen LogP contribution is -2.42. The van der Waals surface area contributed by atoms with Crippen molar-refractivity contribution in [2.75, 3.05) is 25.0 Å². The fraction of sp³-hybridized carbons (Fsp3) is 0.375. The van der Waals surface area contributed by atoms with Crippen molar-refractivity contribution in [1.29, 1.82) is 0 Å².